The van der Waals surface area contributed by atoms with Crippen molar-refractivity contribution in [2.75, 3.05) is 18.0 Å². The second kappa shape index (κ2) is 6.20. The summed E-state index contributed by atoms with van der Waals surface area (Å²) in [5.41, 5.74) is 7.76. The molecule has 2 rings (SSSR count). The van der Waals surface area contributed by atoms with Crippen molar-refractivity contribution < 1.29 is 4.79 Å². The van der Waals surface area contributed by atoms with Gasteiger partial charge in [0.05, 0.1) is 6.54 Å². The molecule has 1 aromatic heterocycles. The van der Waals surface area contributed by atoms with Crippen LogP contribution in [0, 0.1) is 12.8 Å². The van der Waals surface area contributed by atoms with Crippen molar-refractivity contribution in [3.8, 4) is 0 Å². The maximum Gasteiger partial charge on any atom is 0.236 e. The standard InChI is InChI=1S/C15H24N4O/c1-10(2)8-19(9-14(16)20)15-12-6-4-5-7-13(12)17-11(3)18-15/h10H,4-9H2,1-3H3,(H2,16,20). The van der Waals surface area contributed by atoms with E-state index < -0.39 is 0 Å². The van der Waals surface area contributed by atoms with E-state index >= 15 is 0 Å². The van der Waals surface area contributed by atoms with Crippen molar-refractivity contribution >= 4 is 11.7 Å². The van der Waals surface area contributed by atoms with Crippen molar-refractivity contribution in [1.29, 1.82) is 0 Å². The topological polar surface area (TPSA) is 72.1 Å². The smallest absolute Gasteiger partial charge is 0.236 e. The quantitative estimate of drug-likeness (QED) is 0.887. The fourth-order valence-electron chi connectivity index (χ4n) is 2.81. The molecular formula is C15H24N4O. The summed E-state index contributed by atoms with van der Waals surface area (Å²) in [4.78, 5) is 22.5. The minimum atomic E-state index is -0.313. The maximum absolute atomic E-state index is 11.4. The summed E-state index contributed by atoms with van der Waals surface area (Å²) in [6.07, 6.45) is 4.36. The molecule has 1 aliphatic carbocycles. The van der Waals surface area contributed by atoms with Crippen LogP contribution in [0.15, 0.2) is 0 Å². The Bertz CT molecular complexity index is 499. The lowest BCUT2D eigenvalue weighted by Gasteiger charge is -2.29. The molecule has 0 aromatic carbocycles. The van der Waals surface area contributed by atoms with Gasteiger partial charge in [-0.2, -0.15) is 0 Å². The van der Waals surface area contributed by atoms with Gasteiger partial charge in [0, 0.05) is 17.8 Å². The number of anilines is 1. The lowest BCUT2D eigenvalue weighted by atomic mass is 9.95. The number of nitrogens with zero attached hydrogens (tertiary/aromatic N) is 3. The number of hydrogen-bond donors (Lipinski definition) is 1. The average molecular weight is 276 g/mol. The van der Waals surface area contributed by atoms with Crippen LogP contribution in [0.2, 0.25) is 0 Å². The zero-order chi connectivity index (χ0) is 14.7. The number of hydrogen-bond acceptors (Lipinski definition) is 4. The number of primary amides is 1. The lowest BCUT2D eigenvalue weighted by molar-refractivity contribution is -0.116. The zero-order valence-corrected chi connectivity index (χ0v) is 12.6. The van der Waals surface area contributed by atoms with Crippen molar-refractivity contribution in [3.05, 3.63) is 17.1 Å². The average Bonchev–Trinajstić information content (AvgIpc) is 2.35. The maximum atomic E-state index is 11.4. The summed E-state index contributed by atoms with van der Waals surface area (Å²) in [7, 11) is 0. The van der Waals surface area contributed by atoms with E-state index in [4.69, 9.17) is 5.73 Å². The van der Waals surface area contributed by atoms with Crippen molar-refractivity contribution in [2.45, 2.75) is 46.5 Å². The Kier molecular flexibility index (Phi) is 4.57. The van der Waals surface area contributed by atoms with E-state index in [9.17, 15) is 4.79 Å². The van der Waals surface area contributed by atoms with Gasteiger partial charge in [-0.15, -0.1) is 0 Å². The van der Waals surface area contributed by atoms with Gasteiger partial charge in [0.25, 0.3) is 0 Å². The Hall–Kier alpha value is -1.65. The molecule has 0 unspecified atom stereocenters. The van der Waals surface area contributed by atoms with Crippen LogP contribution in [-0.4, -0.2) is 29.0 Å². The summed E-state index contributed by atoms with van der Waals surface area (Å²) in [5.74, 6) is 1.83. The Morgan fingerprint density at radius 1 is 1.30 bits per heavy atom. The molecule has 0 atom stereocenters. The van der Waals surface area contributed by atoms with Crippen molar-refractivity contribution in [1.82, 2.24) is 9.97 Å². The number of rotatable bonds is 5. The molecule has 1 aliphatic rings. The predicted octanol–water partition coefficient (Wildman–Crippen LogP) is 1.61. The van der Waals surface area contributed by atoms with E-state index in [-0.39, 0.29) is 12.5 Å². The Morgan fingerprint density at radius 3 is 2.65 bits per heavy atom. The third kappa shape index (κ3) is 3.46. The van der Waals surface area contributed by atoms with Crippen LogP contribution >= 0.6 is 0 Å². The van der Waals surface area contributed by atoms with Crippen molar-refractivity contribution in [3.63, 3.8) is 0 Å². The van der Waals surface area contributed by atoms with Gasteiger partial charge in [0.1, 0.15) is 11.6 Å². The van der Waals surface area contributed by atoms with E-state index in [0.29, 0.717) is 5.92 Å². The molecule has 0 bridgehead atoms. The molecule has 5 nitrogen and oxygen atoms in total. The highest BCUT2D eigenvalue weighted by Crippen LogP contribution is 2.28. The molecule has 0 aliphatic heterocycles. The van der Waals surface area contributed by atoms with Crippen LogP contribution in [0.3, 0.4) is 0 Å². The van der Waals surface area contributed by atoms with Gasteiger partial charge in [-0.25, -0.2) is 9.97 Å². The highest BCUT2D eigenvalue weighted by molar-refractivity contribution is 5.79. The number of carbonyl (C=O) groups is 1. The van der Waals surface area contributed by atoms with Gasteiger partial charge in [0.15, 0.2) is 0 Å². The predicted molar refractivity (Wildman–Crippen MR) is 79.7 cm³/mol. The van der Waals surface area contributed by atoms with Crippen LogP contribution < -0.4 is 10.6 Å². The molecule has 0 saturated heterocycles. The molecule has 110 valence electrons. The van der Waals surface area contributed by atoms with Gasteiger partial charge >= 0.3 is 0 Å². The molecule has 5 heteroatoms. The normalized spacial score (nSPS) is 14.2. The van der Waals surface area contributed by atoms with E-state index in [1.807, 2.05) is 11.8 Å². The SMILES string of the molecule is Cc1nc2c(c(N(CC(N)=O)CC(C)C)n1)CCCC2. The van der Waals surface area contributed by atoms with Gasteiger partial charge < -0.3 is 10.6 Å². The second-order valence-corrected chi connectivity index (χ2v) is 5.97. The number of amides is 1. The van der Waals surface area contributed by atoms with Crippen LogP contribution in [0.25, 0.3) is 0 Å². The number of fused-ring (bicyclic) bond motifs is 1. The number of carbonyl (C=O) groups excluding carboxylic acids is 1. The fourth-order valence-corrected chi connectivity index (χ4v) is 2.81. The van der Waals surface area contributed by atoms with E-state index in [1.165, 1.54) is 18.4 Å². The molecule has 0 radical (unpaired) electrons. The first-order chi connectivity index (χ1) is 9.47. The summed E-state index contributed by atoms with van der Waals surface area (Å²) in [6, 6.07) is 0. The van der Waals surface area contributed by atoms with Gasteiger partial charge in [0.2, 0.25) is 5.91 Å². The minimum absolute atomic E-state index is 0.223. The Morgan fingerprint density at radius 2 is 2.00 bits per heavy atom. The van der Waals surface area contributed by atoms with E-state index in [1.54, 1.807) is 0 Å². The summed E-state index contributed by atoms with van der Waals surface area (Å²) >= 11 is 0. The third-order valence-corrected chi connectivity index (χ3v) is 3.50. The minimum Gasteiger partial charge on any atom is -0.368 e. The lowest BCUT2D eigenvalue weighted by Crippen LogP contribution is -2.38. The molecule has 20 heavy (non-hydrogen) atoms. The summed E-state index contributed by atoms with van der Waals surface area (Å²) in [6.45, 7) is 7.19. The fraction of sp³-hybridized carbons (Fsp3) is 0.667. The van der Waals surface area contributed by atoms with Gasteiger partial charge in [-0.3, -0.25) is 4.79 Å². The van der Waals surface area contributed by atoms with Crippen LogP contribution in [0.5, 0.6) is 0 Å². The molecule has 2 N–H and O–H groups in total. The Labute approximate surface area is 120 Å². The first-order valence-corrected chi connectivity index (χ1v) is 7.37. The molecule has 1 amide bonds. The number of nitrogens with two attached hydrogens (primary N) is 1. The first kappa shape index (κ1) is 14.8. The van der Waals surface area contributed by atoms with Crippen LogP contribution in [0.4, 0.5) is 5.82 Å². The van der Waals surface area contributed by atoms with Crippen LogP contribution in [0.1, 0.15) is 43.8 Å². The molecule has 0 fully saturated rings. The van der Waals surface area contributed by atoms with Gasteiger partial charge in [-0.1, -0.05) is 13.8 Å². The Balaban J connectivity index is 2.40. The molecule has 0 saturated carbocycles. The van der Waals surface area contributed by atoms with E-state index in [0.717, 1.165) is 36.7 Å². The third-order valence-electron chi connectivity index (χ3n) is 3.50. The molecular weight excluding hydrogens is 252 g/mol. The van der Waals surface area contributed by atoms with Gasteiger partial charge in [-0.05, 0) is 38.5 Å². The number of aromatic nitrogens is 2. The highest BCUT2D eigenvalue weighted by atomic mass is 16.1. The number of aryl methyl sites for hydroxylation is 2. The molecule has 0 spiro atoms. The van der Waals surface area contributed by atoms with E-state index in [2.05, 4.69) is 23.8 Å². The monoisotopic (exact) mass is 276 g/mol. The summed E-state index contributed by atoms with van der Waals surface area (Å²) < 4.78 is 0. The first-order valence-electron chi connectivity index (χ1n) is 7.37. The summed E-state index contributed by atoms with van der Waals surface area (Å²) in [5, 5.41) is 0. The second-order valence-electron chi connectivity index (χ2n) is 5.97. The zero-order valence-electron chi connectivity index (χ0n) is 12.6. The molecule has 1 aromatic rings. The van der Waals surface area contributed by atoms with Crippen LogP contribution in [-0.2, 0) is 17.6 Å². The highest BCUT2D eigenvalue weighted by Gasteiger charge is 2.22. The largest absolute Gasteiger partial charge is 0.368 e. The van der Waals surface area contributed by atoms with Crippen molar-refractivity contribution in [2.24, 2.45) is 11.7 Å². The molecule has 1 heterocycles.